The van der Waals surface area contributed by atoms with Crippen LogP contribution in [0.4, 0.5) is 4.79 Å². The first-order valence-corrected chi connectivity index (χ1v) is 3.54. The van der Waals surface area contributed by atoms with Crippen molar-refractivity contribution in [3.63, 3.8) is 0 Å². The molecule has 2 aliphatic rings. The summed E-state index contributed by atoms with van der Waals surface area (Å²) in [6, 6.07) is 0.0220. The smallest absolute Gasteiger partial charge is 0.321 e. The second kappa shape index (κ2) is 2.12. The highest BCUT2D eigenvalue weighted by atomic mass is 16.5. The predicted molar refractivity (Wildman–Crippen MR) is 34.2 cm³/mol. The van der Waals surface area contributed by atoms with E-state index in [2.05, 4.69) is 5.32 Å². The Hall–Kier alpha value is -0.770. The molecule has 0 spiro atoms. The highest BCUT2D eigenvalue weighted by Gasteiger charge is 2.32. The molecular weight excluding hydrogens is 132 g/mol. The van der Waals surface area contributed by atoms with Gasteiger partial charge in [-0.05, 0) is 12.8 Å². The molecule has 0 saturated carbocycles. The number of fused-ring (bicyclic) bond motifs is 1. The van der Waals surface area contributed by atoms with Crippen molar-refractivity contribution in [3.05, 3.63) is 0 Å². The number of amides is 2. The molecule has 1 atom stereocenters. The lowest BCUT2D eigenvalue weighted by Crippen LogP contribution is -2.50. The van der Waals surface area contributed by atoms with Gasteiger partial charge in [-0.1, -0.05) is 0 Å². The minimum atomic E-state index is 0.0220. The van der Waals surface area contributed by atoms with Crippen molar-refractivity contribution in [2.24, 2.45) is 0 Å². The van der Waals surface area contributed by atoms with Gasteiger partial charge >= 0.3 is 6.03 Å². The molecule has 4 heteroatoms. The molecule has 0 bridgehead atoms. The van der Waals surface area contributed by atoms with E-state index in [-0.39, 0.29) is 12.3 Å². The number of nitrogens with zero attached hydrogens (tertiary/aromatic N) is 1. The zero-order chi connectivity index (χ0) is 6.97. The maximum absolute atomic E-state index is 11.0. The molecule has 2 rings (SSSR count). The van der Waals surface area contributed by atoms with Crippen molar-refractivity contribution in [2.45, 2.75) is 19.1 Å². The van der Waals surface area contributed by atoms with Crippen molar-refractivity contribution in [1.29, 1.82) is 0 Å². The Morgan fingerprint density at radius 2 is 2.60 bits per heavy atom. The SMILES string of the molecule is O=C1NCOC2CCCN12. The average molecular weight is 142 g/mol. The second-order valence-electron chi connectivity index (χ2n) is 2.58. The molecule has 0 aromatic heterocycles. The fourth-order valence-corrected chi connectivity index (χ4v) is 1.44. The standard InChI is InChI=1S/C6H10N2O2/c9-6-7-4-10-5-2-1-3-8(5)6/h5H,1-4H2,(H,7,9). The van der Waals surface area contributed by atoms with Gasteiger partial charge in [0, 0.05) is 6.54 Å². The molecule has 2 amide bonds. The first-order valence-electron chi connectivity index (χ1n) is 3.54. The van der Waals surface area contributed by atoms with Gasteiger partial charge in [0.05, 0.1) is 0 Å². The zero-order valence-electron chi connectivity index (χ0n) is 5.67. The fraction of sp³-hybridized carbons (Fsp3) is 0.833. The van der Waals surface area contributed by atoms with Crippen molar-refractivity contribution in [3.8, 4) is 0 Å². The van der Waals surface area contributed by atoms with Gasteiger partial charge in [-0.2, -0.15) is 0 Å². The number of carbonyl (C=O) groups is 1. The van der Waals surface area contributed by atoms with Crippen LogP contribution in [0.3, 0.4) is 0 Å². The van der Waals surface area contributed by atoms with Gasteiger partial charge < -0.3 is 10.1 Å². The molecular formula is C6H10N2O2. The molecule has 10 heavy (non-hydrogen) atoms. The summed E-state index contributed by atoms with van der Waals surface area (Å²) in [6.45, 7) is 1.22. The molecule has 0 aliphatic carbocycles. The van der Waals surface area contributed by atoms with Crippen LogP contribution in [0.5, 0.6) is 0 Å². The maximum Gasteiger partial charge on any atom is 0.321 e. The Kier molecular flexibility index (Phi) is 1.27. The van der Waals surface area contributed by atoms with Crippen LogP contribution in [0.15, 0.2) is 0 Å². The first kappa shape index (κ1) is 5.97. The van der Waals surface area contributed by atoms with Gasteiger partial charge in [-0.15, -0.1) is 0 Å². The average Bonchev–Trinajstić information content (AvgIpc) is 2.36. The summed E-state index contributed by atoms with van der Waals surface area (Å²) in [5, 5.41) is 2.62. The predicted octanol–water partition coefficient (Wildman–Crippen LogP) is 0.106. The summed E-state index contributed by atoms with van der Waals surface area (Å²) in [6.07, 6.45) is 2.12. The molecule has 1 N–H and O–H groups in total. The van der Waals surface area contributed by atoms with E-state index in [1.165, 1.54) is 0 Å². The van der Waals surface area contributed by atoms with Gasteiger partial charge in [-0.3, -0.25) is 4.90 Å². The minimum absolute atomic E-state index is 0.0220. The highest BCUT2D eigenvalue weighted by Crippen LogP contribution is 2.19. The Morgan fingerprint density at radius 3 is 3.40 bits per heavy atom. The highest BCUT2D eigenvalue weighted by molar-refractivity contribution is 5.75. The number of hydrogen-bond donors (Lipinski definition) is 1. The van der Waals surface area contributed by atoms with E-state index in [4.69, 9.17) is 4.74 Å². The Bertz CT molecular complexity index is 160. The van der Waals surface area contributed by atoms with Gasteiger partial charge in [0.1, 0.15) is 13.0 Å². The first-order chi connectivity index (χ1) is 4.88. The molecule has 4 nitrogen and oxygen atoms in total. The minimum Gasteiger partial charge on any atom is -0.338 e. The van der Waals surface area contributed by atoms with Crippen molar-refractivity contribution in [2.75, 3.05) is 13.3 Å². The van der Waals surface area contributed by atoms with Crippen LogP contribution >= 0.6 is 0 Å². The summed E-state index contributed by atoms with van der Waals surface area (Å²) in [7, 11) is 0. The van der Waals surface area contributed by atoms with E-state index >= 15 is 0 Å². The van der Waals surface area contributed by atoms with E-state index in [1.807, 2.05) is 0 Å². The number of nitrogens with one attached hydrogen (secondary N) is 1. The summed E-state index contributed by atoms with van der Waals surface area (Å²) >= 11 is 0. The zero-order valence-corrected chi connectivity index (χ0v) is 5.67. The molecule has 2 aliphatic heterocycles. The van der Waals surface area contributed by atoms with Gasteiger partial charge in [0.25, 0.3) is 0 Å². The van der Waals surface area contributed by atoms with Crippen molar-refractivity contribution >= 4 is 6.03 Å². The molecule has 2 heterocycles. The third-order valence-corrected chi connectivity index (χ3v) is 1.96. The number of carbonyl (C=O) groups excluding carboxylic acids is 1. The van der Waals surface area contributed by atoms with E-state index in [9.17, 15) is 4.79 Å². The van der Waals surface area contributed by atoms with Crippen LogP contribution in [0.1, 0.15) is 12.8 Å². The lowest BCUT2D eigenvalue weighted by Gasteiger charge is -2.29. The van der Waals surface area contributed by atoms with E-state index in [1.54, 1.807) is 4.90 Å². The van der Waals surface area contributed by atoms with E-state index < -0.39 is 0 Å². The summed E-state index contributed by atoms with van der Waals surface area (Å²) < 4.78 is 5.27. The third-order valence-electron chi connectivity index (χ3n) is 1.96. The molecule has 0 aromatic carbocycles. The third kappa shape index (κ3) is 0.759. The number of ether oxygens (including phenoxy) is 1. The summed E-state index contributed by atoms with van der Waals surface area (Å²) in [5.74, 6) is 0. The molecule has 0 radical (unpaired) electrons. The van der Waals surface area contributed by atoms with Crippen LogP contribution in [0.25, 0.3) is 0 Å². The quantitative estimate of drug-likeness (QED) is 0.521. The Morgan fingerprint density at radius 1 is 1.70 bits per heavy atom. The topological polar surface area (TPSA) is 41.6 Å². The molecule has 1 unspecified atom stereocenters. The summed E-state index contributed by atoms with van der Waals surface area (Å²) in [4.78, 5) is 12.8. The molecule has 2 fully saturated rings. The van der Waals surface area contributed by atoms with Crippen LogP contribution in [0.2, 0.25) is 0 Å². The van der Waals surface area contributed by atoms with Crippen LogP contribution in [-0.4, -0.2) is 30.4 Å². The molecule has 2 saturated heterocycles. The van der Waals surface area contributed by atoms with Crippen LogP contribution in [-0.2, 0) is 4.74 Å². The number of hydrogen-bond acceptors (Lipinski definition) is 2. The van der Waals surface area contributed by atoms with Crippen molar-refractivity contribution < 1.29 is 9.53 Å². The maximum atomic E-state index is 11.0. The largest absolute Gasteiger partial charge is 0.338 e. The van der Waals surface area contributed by atoms with Crippen LogP contribution < -0.4 is 5.32 Å². The Labute approximate surface area is 59.1 Å². The lowest BCUT2D eigenvalue weighted by molar-refractivity contribution is -0.0474. The van der Waals surface area contributed by atoms with E-state index in [0.29, 0.717) is 6.73 Å². The van der Waals surface area contributed by atoms with Gasteiger partial charge in [-0.25, -0.2) is 4.79 Å². The van der Waals surface area contributed by atoms with Gasteiger partial charge in [0.2, 0.25) is 0 Å². The fourth-order valence-electron chi connectivity index (χ4n) is 1.44. The molecule has 0 aromatic rings. The lowest BCUT2D eigenvalue weighted by atomic mass is 10.4. The summed E-state index contributed by atoms with van der Waals surface area (Å²) in [5.41, 5.74) is 0. The van der Waals surface area contributed by atoms with Crippen molar-refractivity contribution in [1.82, 2.24) is 10.2 Å². The number of urea groups is 1. The second-order valence-corrected chi connectivity index (χ2v) is 2.58. The number of rotatable bonds is 0. The Balaban J connectivity index is 2.10. The monoisotopic (exact) mass is 142 g/mol. The normalized spacial score (nSPS) is 31.8. The molecule has 56 valence electrons. The van der Waals surface area contributed by atoms with Crippen LogP contribution in [0, 0.1) is 0 Å². The van der Waals surface area contributed by atoms with Gasteiger partial charge in [0.15, 0.2) is 0 Å². The van der Waals surface area contributed by atoms with E-state index in [0.717, 1.165) is 19.4 Å².